The zero-order valence-electron chi connectivity index (χ0n) is 17.2. The first-order valence-electron chi connectivity index (χ1n) is 10.8. The second kappa shape index (κ2) is 8.36. The second-order valence-electron chi connectivity index (χ2n) is 8.69. The number of carbonyl (C=O) groups excluding carboxylic acids is 1. The third-order valence-electron chi connectivity index (χ3n) is 6.98. The van der Waals surface area contributed by atoms with Crippen molar-refractivity contribution in [2.45, 2.75) is 52.4 Å². The fraction of sp³-hybridized carbons (Fsp3) is 0.423. The topological polar surface area (TPSA) is 37.3 Å². The van der Waals surface area contributed by atoms with Gasteiger partial charge in [-0.1, -0.05) is 49.7 Å². The first kappa shape index (κ1) is 20.2. The van der Waals surface area contributed by atoms with Gasteiger partial charge in [0.1, 0.15) is 5.76 Å². The van der Waals surface area contributed by atoms with Gasteiger partial charge >= 0.3 is 0 Å². The predicted octanol–water partition coefficient (Wildman–Crippen LogP) is 7.25. The smallest absolute Gasteiger partial charge is 0.167 e. The van der Waals surface area contributed by atoms with Gasteiger partial charge in [-0.05, 0) is 84.4 Å². The number of Topliss-reactive ketones (excluding diaryl/α,β-unsaturated/α-hetero) is 1. The van der Waals surface area contributed by atoms with E-state index in [1.165, 1.54) is 0 Å². The third kappa shape index (κ3) is 4.00. The first-order valence-corrected chi connectivity index (χ1v) is 11.2. The highest BCUT2D eigenvalue weighted by atomic mass is 35.5. The van der Waals surface area contributed by atoms with Crippen molar-refractivity contribution in [3.05, 3.63) is 64.4 Å². The van der Waals surface area contributed by atoms with E-state index in [1.807, 2.05) is 24.3 Å². The number of aliphatic hydroxyl groups excluding tert-OH is 1. The molecule has 0 amide bonds. The molecular formula is C26H29ClO2. The molecule has 3 heteroatoms. The Bertz CT molecular complexity index is 934. The van der Waals surface area contributed by atoms with Gasteiger partial charge in [-0.3, -0.25) is 4.79 Å². The van der Waals surface area contributed by atoms with Crippen molar-refractivity contribution < 1.29 is 9.90 Å². The molecule has 0 aromatic heterocycles. The fourth-order valence-electron chi connectivity index (χ4n) is 5.08. The van der Waals surface area contributed by atoms with Crippen LogP contribution in [0.1, 0.15) is 57.1 Å². The molecule has 2 bridgehead atoms. The fourth-order valence-corrected chi connectivity index (χ4v) is 5.20. The maximum Gasteiger partial charge on any atom is 0.167 e. The van der Waals surface area contributed by atoms with Crippen molar-refractivity contribution in [1.29, 1.82) is 0 Å². The molecule has 0 unspecified atom stereocenters. The van der Waals surface area contributed by atoms with Crippen LogP contribution < -0.4 is 0 Å². The zero-order valence-corrected chi connectivity index (χ0v) is 18.0. The van der Waals surface area contributed by atoms with Gasteiger partial charge in [-0.15, -0.1) is 0 Å². The number of hydrogen-bond acceptors (Lipinski definition) is 2. The summed E-state index contributed by atoms with van der Waals surface area (Å²) < 4.78 is 0. The Balaban J connectivity index is 1.86. The van der Waals surface area contributed by atoms with Gasteiger partial charge in [0.25, 0.3) is 0 Å². The van der Waals surface area contributed by atoms with E-state index in [2.05, 4.69) is 32.0 Å². The molecule has 2 nitrogen and oxygen atoms in total. The Labute approximate surface area is 178 Å². The molecule has 1 N–H and O–H groups in total. The van der Waals surface area contributed by atoms with E-state index in [4.69, 9.17) is 11.6 Å². The van der Waals surface area contributed by atoms with Crippen LogP contribution in [-0.4, -0.2) is 10.9 Å². The molecule has 5 rings (SSSR count). The zero-order chi connectivity index (χ0) is 20.5. The molecule has 1 saturated carbocycles. The Morgan fingerprint density at radius 1 is 1.00 bits per heavy atom. The van der Waals surface area contributed by atoms with E-state index in [9.17, 15) is 9.90 Å². The molecule has 2 aromatic rings. The number of ketones is 1. The van der Waals surface area contributed by atoms with Crippen LogP contribution in [0.25, 0.3) is 16.7 Å². The molecule has 3 aliphatic carbocycles. The lowest BCUT2D eigenvalue weighted by molar-refractivity contribution is -0.114. The molecule has 0 heterocycles. The summed E-state index contributed by atoms with van der Waals surface area (Å²) in [6.45, 7) is 4.19. The van der Waals surface area contributed by atoms with Crippen molar-refractivity contribution >= 4 is 23.0 Å². The molecule has 0 spiro atoms. The number of aryl methyl sites for hydroxylation is 1. The highest BCUT2D eigenvalue weighted by Gasteiger charge is 2.34. The van der Waals surface area contributed by atoms with Crippen LogP contribution in [0.2, 0.25) is 5.02 Å². The Morgan fingerprint density at radius 2 is 1.66 bits per heavy atom. The summed E-state index contributed by atoms with van der Waals surface area (Å²) >= 11 is 6.05. The number of fused-ring (bicyclic) bond motifs is 5. The van der Waals surface area contributed by atoms with Crippen LogP contribution in [0.4, 0.5) is 0 Å². The van der Waals surface area contributed by atoms with Crippen molar-refractivity contribution in [2.75, 3.05) is 0 Å². The normalized spacial score (nSPS) is 24.9. The maximum absolute atomic E-state index is 13.4. The average molecular weight is 409 g/mol. The van der Waals surface area contributed by atoms with Crippen molar-refractivity contribution in [3.8, 4) is 11.1 Å². The van der Waals surface area contributed by atoms with Gasteiger partial charge in [-0.2, -0.15) is 0 Å². The molecule has 1 fully saturated rings. The summed E-state index contributed by atoms with van der Waals surface area (Å²) in [5.41, 5.74) is 4.66. The molecule has 0 radical (unpaired) electrons. The van der Waals surface area contributed by atoms with Gasteiger partial charge in [-0.25, -0.2) is 0 Å². The molecule has 29 heavy (non-hydrogen) atoms. The van der Waals surface area contributed by atoms with Crippen LogP contribution in [0.15, 0.2) is 48.2 Å². The highest BCUT2D eigenvalue weighted by Crippen LogP contribution is 2.43. The lowest BCUT2D eigenvalue weighted by Gasteiger charge is -2.30. The SMILES string of the molecule is CCc1ccc(-c2ccc(Cl)cc2)cc1C1=C(O)[C@@H](C)C2CCC(CC2)CC1=O. The summed E-state index contributed by atoms with van der Waals surface area (Å²) in [5.74, 6) is 1.35. The summed E-state index contributed by atoms with van der Waals surface area (Å²) in [4.78, 5) is 13.4. The molecule has 0 aliphatic heterocycles. The Hall–Kier alpha value is -2.06. The number of benzene rings is 2. The number of allylic oxidation sites excluding steroid dienone is 2. The van der Waals surface area contributed by atoms with E-state index in [1.54, 1.807) is 0 Å². The number of aliphatic hydroxyl groups is 1. The predicted molar refractivity (Wildman–Crippen MR) is 120 cm³/mol. The lowest BCUT2D eigenvalue weighted by Crippen LogP contribution is -2.20. The minimum absolute atomic E-state index is 0.0249. The van der Waals surface area contributed by atoms with Crippen LogP contribution in [0, 0.1) is 17.8 Å². The average Bonchev–Trinajstić information content (AvgIpc) is 2.80. The van der Waals surface area contributed by atoms with E-state index in [0.717, 1.165) is 54.4 Å². The van der Waals surface area contributed by atoms with Crippen molar-refractivity contribution in [3.63, 3.8) is 0 Å². The van der Waals surface area contributed by atoms with Gasteiger partial charge in [0.2, 0.25) is 0 Å². The van der Waals surface area contributed by atoms with Crippen LogP contribution in [0.3, 0.4) is 0 Å². The summed E-state index contributed by atoms with van der Waals surface area (Å²) in [6.07, 6.45) is 5.80. The molecule has 3 aliphatic rings. The van der Waals surface area contributed by atoms with Gasteiger partial charge < -0.3 is 5.11 Å². The van der Waals surface area contributed by atoms with Crippen molar-refractivity contribution in [2.24, 2.45) is 17.8 Å². The van der Waals surface area contributed by atoms with Crippen LogP contribution in [0.5, 0.6) is 0 Å². The molecular weight excluding hydrogens is 380 g/mol. The maximum atomic E-state index is 13.4. The number of carbonyl (C=O) groups is 1. The Kier molecular flexibility index (Phi) is 5.83. The first-order chi connectivity index (χ1) is 14.0. The molecule has 2 aromatic carbocycles. The highest BCUT2D eigenvalue weighted by molar-refractivity contribution is 6.30. The standard InChI is InChI=1S/C26H29ClO2/c1-3-18-8-9-21(20-10-12-22(27)13-11-20)15-23(18)25-24(28)14-17-4-6-19(7-5-17)16(2)26(25)29/h8-13,15-17,19,29H,3-7,14H2,1-2H3/t16-,17?,19?/m0/s1. The lowest BCUT2D eigenvalue weighted by atomic mass is 9.76. The second-order valence-corrected chi connectivity index (χ2v) is 9.13. The summed E-state index contributed by atoms with van der Waals surface area (Å²) in [5, 5.41) is 12.0. The van der Waals surface area contributed by atoms with Gasteiger partial charge in [0.05, 0.1) is 5.57 Å². The summed E-state index contributed by atoms with van der Waals surface area (Å²) in [6, 6.07) is 14.0. The van der Waals surface area contributed by atoms with Gasteiger partial charge in [0.15, 0.2) is 5.78 Å². The van der Waals surface area contributed by atoms with Crippen molar-refractivity contribution in [1.82, 2.24) is 0 Å². The van der Waals surface area contributed by atoms with Crippen LogP contribution in [-0.2, 0) is 11.2 Å². The number of hydrogen-bond donors (Lipinski definition) is 1. The Morgan fingerprint density at radius 3 is 2.31 bits per heavy atom. The minimum atomic E-state index is 0.0249. The van der Waals surface area contributed by atoms with E-state index < -0.39 is 0 Å². The number of halogens is 1. The van der Waals surface area contributed by atoms with Crippen LogP contribution >= 0.6 is 11.6 Å². The monoisotopic (exact) mass is 408 g/mol. The minimum Gasteiger partial charge on any atom is -0.511 e. The van der Waals surface area contributed by atoms with E-state index in [-0.39, 0.29) is 11.7 Å². The third-order valence-corrected chi connectivity index (χ3v) is 7.23. The largest absolute Gasteiger partial charge is 0.511 e. The van der Waals surface area contributed by atoms with Gasteiger partial charge in [0, 0.05) is 17.4 Å². The molecule has 1 atom stereocenters. The molecule has 0 saturated heterocycles. The van der Waals surface area contributed by atoms with E-state index >= 15 is 0 Å². The summed E-state index contributed by atoms with van der Waals surface area (Å²) in [7, 11) is 0. The number of rotatable bonds is 3. The quantitative estimate of drug-likeness (QED) is 0.580. The van der Waals surface area contributed by atoms with E-state index in [0.29, 0.717) is 34.6 Å². The molecule has 152 valence electrons.